The van der Waals surface area contributed by atoms with Crippen molar-refractivity contribution < 1.29 is 24.2 Å². The van der Waals surface area contributed by atoms with Crippen LogP contribution < -0.4 is 9.47 Å². The average Bonchev–Trinajstić information content (AvgIpc) is 2.98. The maximum Gasteiger partial charge on any atom is 0.295 e. The van der Waals surface area contributed by atoms with E-state index in [0.717, 1.165) is 0 Å². The molecule has 1 aliphatic rings. The molecule has 0 bridgehead atoms. The van der Waals surface area contributed by atoms with E-state index in [4.69, 9.17) is 9.47 Å². The minimum absolute atomic E-state index is 0.00690. The molecule has 28 heavy (non-hydrogen) atoms. The Morgan fingerprint density at radius 2 is 1.71 bits per heavy atom. The summed E-state index contributed by atoms with van der Waals surface area (Å²) in [5, 5.41) is 11.2. The lowest BCUT2D eigenvalue weighted by Crippen LogP contribution is -2.30. The Labute approximate surface area is 163 Å². The van der Waals surface area contributed by atoms with Gasteiger partial charge in [0.25, 0.3) is 11.7 Å². The second kappa shape index (κ2) is 8.12. The molecule has 0 spiro atoms. The van der Waals surface area contributed by atoms with E-state index in [-0.39, 0.29) is 16.9 Å². The van der Waals surface area contributed by atoms with Gasteiger partial charge in [-0.15, -0.1) is 0 Å². The Morgan fingerprint density at radius 3 is 2.25 bits per heavy atom. The molecule has 1 N–H and O–H groups in total. The van der Waals surface area contributed by atoms with E-state index in [1.807, 2.05) is 6.92 Å². The Balaban J connectivity index is 2.28. The van der Waals surface area contributed by atoms with Crippen LogP contribution in [0.3, 0.4) is 0 Å². The molecule has 1 amide bonds. The number of Topliss-reactive ketones (excluding diaryl/α,β-unsaturated/α-hetero) is 1. The molecule has 1 atom stereocenters. The van der Waals surface area contributed by atoms with Crippen molar-refractivity contribution in [3.63, 3.8) is 0 Å². The zero-order valence-electron chi connectivity index (χ0n) is 16.0. The number of rotatable bonds is 6. The van der Waals surface area contributed by atoms with Gasteiger partial charge in [0, 0.05) is 18.9 Å². The number of pyridine rings is 1. The molecule has 1 unspecified atom stereocenters. The average molecular weight is 382 g/mol. The highest BCUT2D eigenvalue weighted by atomic mass is 16.5. The number of amides is 1. The van der Waals surface area contributed by atoms with Gasteiger partial charge >= 0.3 is 0 Å². The van der Waals surface area contributed by atoms with Gasteiger partial charge in [-0.1, -0.05) is 13.0 Å². The summed E-state index contributed by atoms with van der Waals surface area (Å²) >= 11 is 0. The topological polar surface area (TPSA) is 89.0 Å². The Bertz CT molecular complexity index is 901. The van der Waals surface area contributed by atoms with Gasteiger partial charge < -0.3 is 19.5 Å². The molecule has 0 radical (unpaired) electrons. The zero-order valence-corrected chi connectivity index (χ0v) is 16.0. The summed E-state index contributed by atoms with van der Waals surface area (Å²) in [5.41, 5.74) is 0.937. The normalized spacial score (nSPS) is 18.4. The molecule has 146 valence electrons. The molecule has 2 aromatic rings. The van der Waals surface area contributed by atoms with Crippen LogP contribution in [0.4, 0.5) is 0 Å². The van der Waals surface area contributed by atoms with Crippen LogP contribution in [-0.2, 0) is 9.59 Å². The number of benzene rings is 1. The highest BCUT2D eigenvalue weighted by Crippen LogP contribution is 2.43. The lowest BCUT2D eigenvalue weighted by atomic mass is 9.95. The first-order valence-electron chi connectivity index (χ1n) is 8.94. The fourth-order valence-corrected chi connectivity index (χ4v) is 3.46. The van der Waals surface area contributed by atoms with Crippen LogP contribution in [0, 0.1) is 0 Å². The van der Waals surface area contributed by atoms with Crippen LogP contribution in [0.1, 0.15) is 30.5 Å². The number of ether oxygens (including phenoxy) is 2. The summed E-state index contributed by atoms with van der Waals surface area (Å²) in [6, 6.07) is 7.77. The van der Waals surface area contributed by atoms with E-state index in [2.05, 4.69) is 4.98 Å². The molecule has 1 aromatic heterocycles. The highest BCUT2D eigenvalue weighted by molar-refractivity contribution is 6.46. The zero-order chi connectivity index (χ0) is 20.3. The molecule has 7 nitrogen and oxygen atoms in total. The Hall–Kier alpha value is -3.35. The summed E-state index contributed by atoms with van der Waals surface area (Å²) < 4.78 is 10.7. The largest absolute Gasteiger partial charge is 0.506 e. The van der Waals surface area contributed by atoms with Gasteiger partial charge in [-0.2, -0.15) is 0 Å². The number of aliphatic hydroxyl groups is 1. The predicted octanol–water partition coefficient (Wildman–Crippen LogP) is 2.93. The number of nitrogens with zero attached hydrogens (tertiary/aromatic N) is 2. The van der Waals surface area contributed by atoms with Gasteiger partial charge in [0.1, 0.15) is 22.8 Å². The van der Waals surface area contributed by atoms with Gasteiger partial charge in [0.2, 0.25) is 0 Å². The van der Waals surface area contributed by atoms with E-state index in [1.165, 1.54) is 19.1 Å². The monoisotopic (exact) mass is 382 g/mol. The SMILES string of the molecule is CCCN1C(=O)C(=O)/C(=C(/O)c2c(OC)cccc2OC)C1c1ccncc1. The van der Waals surface area contributed by atoms with Crippen molar-refractivity contribution in [3.05, 3.63) is 59.4 Å². The number of aliphatic hydroxyl groups excluding tert-OH is 1. The molecular weight excluding hydrogens is 360 g/mol. The standard InChI is InChI=1S/C21H22N2O5/c1-4-12-23-18(13-8-10-22-11-9-13)17(20(25)21(23)26)19(24)16-14(27-2)6-5-7-15(16)28-3/h5-11,18,24H,4,12H2,1-3H3/b19-17+. The fourth-order valence-electron chi connectivity index (χ4n) is 3.46. The molecule has 7 heteroatoms. The number of carbonyl (C=O) groups is 2. The van der Waals surface area contributed by atoms with Gasteiger partial charge in [0.05, 0.1) is 25.8 Å². The first-order chi connectivity index (χ1) is 13.5. The molecule has 2 heterocycles. The molecule has 0 aliphatic carbocycles. The highest BCUT2D eigenvalue weighted by Gasteiger charge is 2.46. The summed E-state index contributed by atoms with van der Waals surface area (Å²) in [7, 11) is 2.92. The predicted molar refractivity (Wildman–Crippen MR) is 103 cm³/mol. The summed E-state index contributed by atoms with van der Waals surface area (Å²) in [6.45, 7) is 2.31. The maximum atomic E-state index is 12.9. The van der Waals surface area contributed by atoms with E-state index in [1.54, 1.807) is 42.7 Å². The number of hydrogen-bond donors (Lipinski definition) is 1. The Morgan fingerprint density at radius 1 is 1.11 bits per heavy atom. The van der Waals surface area contributed by atoms with Crippen LogP contribution in [0.2, 0.25) is 0 Å². The first kappa shape index (κ1) is 19.4. The fraction of sp³-hybridized carbons (Fsp3) is 0.286. The molecule has 1 fully saturated rings. The smallest absolute Gasteiger partial charge is 0.295 e. The molecule has 1 saturated heterocycles. The van der Waals surface area contributed by atoms with Crippen molar-refractivity contribution in [2.24, 2.45) is 0 Å². The Kier molecular flexibility index (Phi) is 5.63. The third-order valence-corrected chi connectivity index (χ3v) is 4.69. The maximum absolute atomic E-state index is 12.9. The van der Waals surface area contributed by atoms with Crippen LogP contribution in [-0.4, -0.2) is 47.4 Å². The summed E-state index contributed by atoms with van der Waals surface area (Å²) in [5.74, 6) is -1.02. The molecule has 3 rings (SSSR count). The third kappa shape index (κ3) is 3.19. The van der Waals surface area contributed by atoms with Gasteiger partial charge in [-0.25, -0.2) is 0 Å². The number of hydrogen-bond acceptors (Lipinski definition) is 6. The minimum atomic E-state index is -0.735. The van der Waals surface area contributed by atoms with E-state index < -0.39 is 17.7 Å². The van der Waals surface area contributed by atoms with Gasteiger partial charge in [0.15, 0.2) is 0 Å². The van der Waals surface area contributed by atoms with Crippen molar-refractivity contribution in [1.82, 2.24) is 9.88 Å². The van der Waals surface area contributed by atoms with E-state index in [0.29, 0.717) is 30.0 Å². The lowest BCUT2D eigenvalue weighted by molar-refractivity contribution is -0.139. The lowest BCUT2D eigenvalue weighted by Gasteiger charge is -2.25. The second-order valence-corrected chi connectivity index (χ2v) is 6.31. The number of methoxy groups -OCH3 is 2. The van der Waals surface area contributed by atoms with Crippen LogP contribution in [0.5, 0.6) is 11.5 Å². The van der Waals surface area contributed by atoms with E-state index in [9.17, 15) is 14.7 Å². The molecule has 0 saturated carbocycles. The van der Waals surface area contributed by atoms with Crippen molar-refractivity contribution >= 4 is 17.4 Å². The molecular formula is C21H22N2O5. The molecule has 1 aromatic carbocycles. The minimum Gasteiger partial charge on any atom is -0.506 e. The molecule has 1 aliphatic heterocycles. The first-order valence-corrected chi connectivity index (χ1v) is 8.94. The second-order valence-electron chi connectivity index (χ2n) is 6.31. The van der Waals surface area contributed by atoms with E-state index >= 15 is 0 Å². The van der Waals surface area contributed by atoms with Crippen LogP contribution in [0.15, 0.2) is 48.3 Å². The number of carbonyl (C=O) groups excluding carboxylic acids is 2. The van der Waals surface area contributed by atoms with Crippen molar-refractivity contribution in [3.8, 4) is 11.5 Å². The summed E-state index contributed by atoms with van der Waals surface area (Å²) in [4.78, 5) is 31.0. The van der Waals surface area contributed by atoms with Gasteiger partial charge in [-0.3, -0.25) is 14.6 Å². The third-order valence-electron chi connectivity index (χ3n) is 4.69. The van der Waals surface area contributed by atoms with Crippen LogP contribution in [0.25, 0.3) is 5.76 Å². The van der Waals surface area contributed by atoms with Crippen LogP contribution >= 0.6 is 0 Å². The van der Waals surface area contributed by atoms with Crippen molar-refractivity contribution in [2.75, 3.05) is 20.8 Å². The quantitative estimate of drug-likeness (QED) is 0.469. The number of aromatic nitrogens is 1. The van der Waals surface area contributed by atoms with Gasteiger partial charge in [-0.05, 0) is 36.2 Å². The van der Waals surface area contributed by atoms with Crippen molar-refractivity contribution in [2.45, 2.75) is 19.4 Å². The van der Waals surface area contributed by atoms with Crippen molar-refractivity contribution in [1.29, 1.82) is 0 Å². The summed E-state index contributed by atoms with van der Waals surface area (Å²) in [6.07, 6.45) is 3.85. The number of likely N-dealkylation sites (tertiary alicyclic amines) is 1. The number of ketones is 1.